The van der Waals surface area contributed by atoms with Crippen molar-refractivity contribution in [2.45, 2.75) is 26.3 Å². The van der Waals surface area contributed by atoms with Crippen molar-refractivity contribution in [3.8, 4) is 0 Å². The minimum atomic E-state index is -0.430. The standard InChI is InChI=1S/C18H20ClN3O2/c1-3-12(2)20-17(23)15-6-4-5-7-16(15)22-18(24)21-14-10-8-13(19)9-11-14/h4-12H,3H2,1-2H3,(H,20,23)(H2,21,22,24)/t12-/m0/s1. The summed E-state index contributed by atoms with van der Waals surface area (Å²) in [6.07, 6.45) is 0.832. The maximum atomic E-state index is 12.3. The van der Waals surface area contributed by atoms with Gasteiger partial charge >= 0.3 is 6.03 Å². The van der Waals surface area contributed by atoms with Crippen LogP contribution in [0.4, 0.5) is 16.2 Å². The maximum absolute atomic E-state index is 12.3. The van der Waals surface area contributed by atoms with E-state index in [9.17, 15) is 9.59 Å². The first-order chi connectivity index (χ1) is 11.5. The Balaban J connectivity index is 2.07. The number of hydrogen-bond donors (Lipinski definition) is 3. The fourth-order valence-corrected chi connectivity index (χ4v) is 2.14. The number of hydrogen-bond acceptors (Lipinski definition) is 2. The summed E-state index contributed by atoms with van der Waals surface area (Å²) >= 11 is 5.81. The molecule has 0 unspecified atom stereocenters. The lowest BCUT2D eigenvalue weighted by molar-refractivity contribution is 0.0940. The zero-order valence-electron chi connectivity index (χ0n) is 13.6. The molecule has 0 aliphatic heterocycles. The fraction of sp³-hybridized carbons (Fsp3) is 0.222. The molecule has 0 saturated carbocycles. The third-order valence-electron chi connectivity index (χ3n) is 3.51. The second-order valence-corrected chi connectivity index (χ2v) is 5.85. The van der Waals surface area contributed by atoms with Crippen LogP contribution in [0.5, 0.6) is 0 Å². The zero-order chi connectivity index (χ0) is 17.5. The molecule has 1 atom stereocenters. The van der Waals surface area contributed by atoms with E-state index in [-0.39, 0.29) is 11.9 Å². The van der Waals surface area contributed by atoms with E-state index in [1.165, 1.54) is 0 Å². The van der Waals surface area contributed by atoms with Crippen LogP contribution in [0.1, 0.15) is 30.6 Å². The molecule has 0 bridgehead atoms. The number of para-hydroxylation sites is 1. The molecule has 0 aromatic heterocycles. The summed E-state index contributed by atoms with van der Waals surface area (Å²) in [6, 6.07) is 13.3. The van der Waals surface area contributed by atoms with Crippen LogP contribution in [0.25, 0.3) is 0 Å². The van der Waals surface area contributed by atoms with Crippen LogP contribution in [0.15, 0.2) is 48.5 Å². The quantitative estimate of drug-likeness (QED) is 0.746. The Morgan fingerprint density at radius 2 is 1.71 bits per heavy atom. The normalized spacial score (nSPS) is 11.5. The van der Waals surface area contributed by atoms with E-state index in [4.69, 9.17) is 11.6 Å². The molecule has 5 nitrogen and oxygen atoms in total. The average molecular weight is 346 g/mol. The number of halogens is 1. The van der Waals surface area contributed by atoms with Crippen molar-refractivity contribution in [1.82, 2.24) is 5.32 Å². The number of benzene rings is 2. The Kier molecular flexibility index (Phi) is 6.21. The molecule has 0 saturated heterocycles. The predicted molar refractivity (Wildman–Crippen MR) is 97.8 cm³/mol. The van der Waals surface area contributed by atoms with E-state index < -0.39 is 6.03 Å². The van der Waals surface area contributed by atoms with Gasteiger partial charge in [-0.25, -0.2) is 4.79 Å². The number of urea groups is 1. The summed E-state index contributed by atoms with van der Waals surface area (Å²) in [5.41, 5.74) is 1.48. The molecule has 0 spiro atoms. The molecule has 3 N–H and O–H groups in total. The molecule has 6 heteroatoms. The molecule has 0 aliphatic rings. The van der Waals surface area contributed by atoms with Gasteiger partial charge in [0.15, 0.2) is 0 Å². The van der Waals surface area contributed by atoms with Gasteiger partial charge in [0.1, 0.15) is 0 Å². The first-order valence-corrected chi connectivity index (χ1v) is 8.11. The van der Waals surface area contributed by atoms with Crippen molar-refractivity contribution >= 4 is 34.9 Å². The van der Waals surface area contributed by atoms with Gasteiger partial charge in [-0.05, 0) is 49.7 Å². The molecule has 2 aromatic carbocycles. The first-order valence-electron chi connectivity index (χ1n) is 7.73. The lowest BCUT2D eigenvalue weighted by atomic mass is 10.1. The molecule has 2 rings (SSSR count). The van der Waals surface area contributed by atoms with Gasteiger partial charge in [-0.15, -0.1) is 0 Å². The second-order valence-electron chi connectivity index (χ2n) is 5.41. The molecule has 24 heavy (non-hydrogen) atoms. The topological polar surface area (TPSA) is 70.2 Å². The monoisotopic (exact) mass is 345 g/mol. The van der Waals surface area contributed by atoms with Crippen molar-refractivity contribution in [3.05, 3.63) is 59.1 Å². The summed E-state index contributed by atoms with van der Waals surface area (Å²) in [6.45, 7) is 3.93. The highest BCUT2D eigenvalue weighted by molar-refractivity contribution is 6.30. The van der Waals surface area contributed by atoms with E-state index in [0.29, 0.717) is 22.0 Å². The SMILES string of the molecule is CC[C@H](C)NC(=O)c1ccccc1NC(=O)Nc1ccc(Cl)cc1. The largest absolute Gasteiger partial charge is 0.350 e. The van der Waals surface area contributed by atoms with Crippen LogP contribution in [0.3, 0.4) is 0 Å². The van der Waals surface area contributed by atoms with Crippen molar-refractivity contribution in [2.75, 3.05) is 10.6 Å². The van der Waals surface area contributed by atoms with Crippen LogP contribution >= 0.6 is 11.6 Å². The Morgan fingerprint density at radius 3 is 2.38 bits per heavy atom. The van der Waals surface area contributed by atoms with E-state index >= 15 is 0 Å². The summed E-state index contributed by atoms with van der Waals surface area (Å²) < 4.78 is 0. The lowest BCUT2D eigenvalue weighted by Gasteiger charge is -2.15. The van der Waals surface area contributed by atoms with E-state index in [0.717, 1.165) is 6.42 Å². The number of anilines is 2. The number of amides is 3. The van der Waals surface area contributed by atoms with Gasteiger partial charge in [0, 0.05) is 16.8 Å². The summed E-state index contributed by atoms with van der Waals surface area (Å²) in [5, 5.41) is 8.88. The highest BCUT2D eigenvalue weighted by Gasteiger charge is 2.14. The second kappa shape index (κ2) is 8.36. The van der Waals surface area contributed by atoms with E-state index in [2.05, 4.69) is 16.0 Å². The third kappa shape index (κ3) is 4.99. The van der Waals surface area contributed by atoms with Crippen LogP contribution in [0, 0.1) is 0 Å². The van der Waals surface area contributed by atoms with Crippen molar-refractivity contribution in [2.24, 2.45) is 0 Å². The van der Waals surface area contributed by atoms with Gasteiger partial charge in [0.05, 0.1) is 11.3 Å². The van der Waals surface area contributed by atoms with Gasteiger partial charge < -0.3 is 16.0 Å². The molecular weight excluding hydrogens is 326 g/mol. The Bertz CT molecular complexity index is 716. The highest BCUT2D eigenvalue weighted by Crippen LogP contribution is 2.17. The highest BCUT2D eigenvalue weighted by atomic mass is 35.5. The van der Waals surface area contributed by atoms with Crippen molar-refractivity contribution in [1.29, 1.82) is 0 Å². The number of carbonyl (C=O) groups is 2. The smallest absolute Gasteiger partial charge is 0.323 e. The molecule has 3 amide bonds. The first kappa shape index (κ1) is 17.8. The molecule has 0 radical (unpaired) electrons. The average Bonchev–Trinajstić information content (AvgIpc) is 2.57. The van der Waals surface area contributed by atoms with E-state index in [1.807, 2.05) is 13.8 Å². The van der Waals surface area contributed by atoms with Gasteiger partial charge in [-0.1, -0.05) is 30.7 Å². The Hall–Kier alpha value is -2.53. The summed E-state index contributed by atoms with van der Waals surface area (Å²) in [7, 11) is 0. The predicted octanol–water partition coefficient (Wildman–Crippen LogP) is 4.51. The maximum Gasteiger partial charge on any atom is 0.323 e. The molecular formula is C18H20ClN3O2. The van der Waals surface area contributed by atoms with Gasteiger partial charge in [0.2, 0.25) is 0 Å². The number of carbonyl (C=O) groups excluding carboxylic acids is 2. The van der Waals surface area contributed by atoms with Crippen molar-refractivity contribution < 1.29 is 9.59 Å². The van der Waals surface area contributed by atoms with Gasteiger partial charge in [0.25, 0.3) is 5.91 Å². The molecule has 0 heterocycles. The summed E-state index contributed by atoms with van der Waals surface area (Å²) in [5.74, 6) is -0.216. The Morgan fingerprint density at radius 1 is 1.04 bits per heavy atom. The van der Waals surface area contributed by atoms with E-state index in [1.54, 1.807) is 48.5 Å². The molecule has 2 aromatic rings. The van der Waals surface area contributed by atoms with Crippen LogP contribution in [0.2, 0.25) is 5.02 Å². The zero-order valence-corrected chi connectivity index (χ0v) is 14.4. The summed E-state index contributed by atoms with van der Waals surface area (Å²) in [4.78, 5) is 24.4. The lowest BCUT2D eigenvalue weighted by Crippen LogP contribution is -2.33. The number of rotatable bonds is 5. The third-order valence-corrected chi connectivity index (χ3v) is 3.76. The van der Waals surface area contributed by atoms with Crippen LogP contribution < -0.4 is 16.0 Å². The molecule has 0 fully saturated rings. The van der Waals surface area contributed by atoms with Gasteiger partial charge in [-0.3, -0.25) is 4.79 Å². The molecule has 126 valence electrons. The number of nitrogens with one attached hydrogen (secondary N) is 3. The van der Waals surface area contributed by atoms with Crippen LogP contribution in [-0.2, 0) is 0 Å². The Labute approximate surface area is 146 Å². The molecule has 0 aliphatic carbocycles. The minimum Gasteiger partial charge on any atom is -0.350 e. The van der Waals surface area contributed by atoms with Gasteiger partial charge in [-0.2, -0.15) is 0 Å². The minimum absolute atomic E-state index is 0.0634. The van der Waals surface area contributed by atoms with Crippen LogP contribution in [-0.4, -0.2) is 18.0 Å². The fourth-order valence-electron chi connectivity index (χ4n) is 2.01. The van der Waals surface area contributed by atoms with Crippen molar-refractivity contribution in [3.63, 3.8) is 0 Å².